The molecule has 0 fully saturated rings. The second-order valence-corrected chi connectivity index (χ2v) is 4.27. The minimum Gasteiger partial charge on any atom is -0.491 e. The fourth-order valence-electron chi connectivity index (χ4n) is 1.62. The van der Waals surface area contributed by atoms with E-state index in [4.69, 9.17) is 4.74 Å². The van der Waals surface area contributed by atoms with Crippen LogP contribution in [0.4, 0.5) is 13.2 Å². The molecule has 0 saturated heterocycles. The van der Waals surface area contributed by atoms with Gasteiger partial charge in [-0.3, -0.25) is 4.99 Å². The summed E-state index contributed by atoms with van der Waals surface area (Å²) < 4.78 is 43.5. The van der Waals surface area contributed by atoms with Crippen molar-refractivity contribution in [2.45, 2.75) is 19.5 Å². The number of aliphatic imine (C=N–C) groups is 1. The molecule has 1 aromatic carbocycles. The summed E-state index contributed by atoms with van der Waals surface area (Å²) in [5, 5.41) is 6.02. The molecule has 0 saturated carbocycles. The summed E-state index contributed by atoms with van der Waals surface area (Å²) in [5.41, 5.74) is -0.765. The van der Waals surface area contributed by atoms with Gasteiger partial charge >= 0.3 is 6.18 Å². The van der Waals surface area contributed by atoms with Crippen molar-refractivity contribution in [1.82, 2.24) is 10.6 Å². The van der Waals surface area contributed by atoms with Crippen LogP contribution in [0.2, 0.25) is 0 Å². The molecule has 0 aromatic heterocycles. The highest BCUT2D eigenvalue weighted by molar-refractivity contribution is 5.79. The van der Waals surface area contributed by atoms with E-state index in [0.29, 0.717) is 12.5 Å². The lowest BCUT2D eigenvalue weighted by molar-refractivity contribution is -0.138. The zero-order valence-corrected chi connectivity index (χ0v) is 12.1. The van der Waals surface area contributed by atoms with Crippen LogP contribution in [0, 0.1) is 0 Å². The van der Waals surface area contributed by atoms with Crippen molar-refractivity contribution < 1.29 is 17.9 Å². The van der Waals surface area contributed by atoms with Gasteiger partial charge in [0.1, 0.15) is 12.4 Å². The van der Waals surface area contributed by atoms with Gasteiger partial charge in [0.15, 0.2) is 5.96 Å². The van der Waals surface area contributed by atoms with Gasteiger partial charge in [-0.1, -0.05) is 19.1 Å². The Kier molecular flexibility index (Phi) is 6.84. The number of benzene rings is 1. The van der Waals surface area contributed by atoms with Gasteiger partial charge in [-0.05, 0) is 18.6 Å². The summed E-state index contributed by atoms with van der Waals surface area (Å²) in [6.45, 7) is 3.27. The normalized spacial score (nSPS) is 12.1. The molecule has 0 atom stereocenters. The van der Waals surface area contributed by atoms with Crippen LogP contribution in [0.15, 0.2) is 29.3 Å². The number of para-hydroxylation sites is 1. The summed E-state index contributed by atoms with van der Waals surface area (Å²) in [5.74, 6) is 0.438. The molecule has 1 rings (SSSR count). The molecule has 0 heterocycles. The molecule has 0 aliphatic rings. The highest BCUT2D eigenvalue weighted by Crippen LogP contribution is 2.35. The van der Waals surface area contributed by atoms with Gasteiger partial charge < -0.3 is 15.4 Å². The molecule has 0 radical (unpaired) electrons. The zero-order valence-electron chi connectivity index (χ0n) is 12.1. The molecule has 0 amide bonds. The standard InChI is InChI=1S/C14H20F3N3O/c1-3-8-19-13(18-2)20-9-10-21-12-7-5-4-6-11(12)14(15,16)17/h4-7H,3,8-10H2,1-2H3,(H2,18,19,20). The Morgan fingerprint density at radius 1 is 1.19 bits per heavy atom. The fourth-order valence-corrected chi connectivity index (χ4v) is 1.62. The number of guanidine groups is 1. The van der Waals surface area contributed by atoms with E-state index in [1.165, 1.54) is 18.2 Å². The Morgan fingerprint density at radius 3 is 2.48 bits per heavy atom. The van der Waals surface area contributed by atoms with Gasteiger partial charge in [-0.15, -0.1) is 0 Å². The van der Waals surface area contributed by atoms with E-state index in [1.54, 1.807) is 7.05 Å². The van der Waals surface area contributed by atoms with E-state index in [-0.39, 0.29) is 12.4 Å². The molecule has 7 heteroatoms. The Labute approximate surface area is 122 Å². The molecular formula is C14H20F3N3O. The monoisotopic (exact) mass is 303 g/mol. The van der Waals surface area contributed by atoms with Gasteiger partial charge in [0.05, 0.1) is 12.1 Å². The van der Waals surface area contributed by atoms with Gasteiger partial charge in [0, 0.05) is 13.6 Å². The van der Waals surface area contributed by atoms with Gasteiger partial charge in [-0.2, -0.15) is 13.2 Å². The lowest BCUT2D eigenvalue weighted by atomic mass is 10.2. The Hall–Kier alpha value is -1.92. The molecule has 0 spiro atoms. The second kappa shape index (κ2) is 8.39. The number of ether oxygens (including phenoxy) is 1. The third-order valence-corrected chi connectivity index (χ3v) is 2.61. The number of nitrogens with one attached hydrogen (secondary N) is 2. The molecule has 0 bridgehead atoms. The maximum absolute atomic E-state index is 12.8. The Bertz CT molecular complexity index is 461. The van der Waals surface area contributed by atoms with Gasteiger partial charge in [-0.25, -0.2) is 0 Å². The lowest BCUT2D eigenvalue weighted by Gasteiger charge is -2.15. The maximum Gasteiger partial charge on any atom is 0.419 e. The van der Waals surface area contributed by atoms with Crippen LogP contribution in [0.25, 0.3) is 0 Å². The highest BCUT2D eigenvalue weighted by Gasteiger charge is 2.33. The van der Waals surface area contributed by atoms with Crippen molar-refractivity contribution in [3.8, 4) is 5.75 Å². The maximum atomic E-state index is 12.8. The fraction of sp³-hybridized carbons (Fsp3) is 0.500. The average molecular weight is 303 g/mol. The molecule has 0 aliphatic carbocycles. The summed E-state index contributed by atoms with van der Waals surface area (Å²) in [7, 11) is 1.63. The largest absolute Gasteiger partial charge is 0.491 e. The molecule has 21 heavy (non-hydrogen) atoms. The molecule has 4 nitrogen and oxygen atoms in total. The number of halogens is 3. The Morgan fingerprint density at radius 2 is 1.86 bits per heavy atom. The summed E-state index contributed by atoms with van der Waals surface area (Å²) >= 11 is 0. The topological polar surface area (TPSA) is 45.7 Å². The van der Waals surface area contributed by atoms with E-state index < -0.39 is 11.7 Å². The first-order valence-electron chi connectivity index (χ1n) is 6.72. The minimum absolute atomic E-state index is 0.111. The van der Waals surface area contributed by atoms with Crippen LogP contribution in [-0.4, -0.2) is 32.7 Å². The van der Waals surface area contributed by atoms with Crippen molar-refractivity contribution in [2.75, 3.05) is 26.7 Å². The predicted octanol–water partition coefficient (Wildman–Crippen LogP) is 2.66. The van der Waals surface area contributed by atoms with Crippen LogP contribution >= 0.6 is 0 Å². The predicted molar refractivity (Wildman–Crippen MR) is 76.6 cm³/mol. The van der Waals surface area contributed by atoms with E-state index in [2.05, 4.69) is 15.6 Å². The quantitative estimate of drug-likeness (QED) is 0.482. The number of nitrogens with zero attached hydrogens (tertiary/aromatic N) is 1. The summed E-state index contributed by atoms with van der Waals surface area (Å²) in [6.07, 6.45) is -3.46. The first-order valence-corrected chi connectivity index (χ1v) is 6.72. The van der Waals surface area contributed by atoms with Crippen LogP contribution in [-0.2, 0) is 6.18 Å². The van der Waals surface area contributed by atoms with Crippen molar-refractivity contribution in [1.29, 1.82) is 0 Å². The van der Waals surface area contributed by atoms with Crippen LogP contribution in [0.1, 0.15) is 18.9 Å². The van der Waals surface area contributed by atoms with Crippen molar-refractivity contribution in [3.63, 3.8) is 0 Å². The molecule has 0 unspecified atom stereocenters. The Balaban J connectivity index is 2.46. The molecule has 118 valence electrons. The molecular weight excluding hydrogens is 283 g/mol. The number of hydrogen-bond acceptors (Lipinski definition) is 2. The number of hydrogen-bond donors (Lipinski definition) is 2. The van der Waals surface area contributed by atoms with E-state index in [9.17, 15) is 13.2 Å². The van der Waals surface area contributed by atoms with Gasteiger partial charge in [0.25, 0.3) is 0 Å². The first kappa shape index (κ1) is 17.1. The SMILES string of the molecule is CCCNC(=NC)NCCOc1ccccc1C(F)(F)F. The zero-order chi connectivity index (χ0) is 15.7. The van der Waals surface area contributed by atoms with E-state index in [0.717, 1.165) is 19.0 Å². The second-order valence-electron chi connectivity index (χ2n) is 4.27. The van der Waals surface area contributed by atoms with E-state index >= 15 is 0 Å². The number of rotatable bonds is 6. The molecule has 0 aliphatic heterocycles. The van der Waals surface area contributed by atoms with Crippen molar-refractivity contribution in [3.05, 3.63) is 29.8 Å². The lowest BCUT2D eigenvalue weighted by Crippen LogP contribution is -2.39. The van der Waals surface area contributed by atoms with Crippen LogP contribution in [0.5, 0.6) is 5.75 Å². The van der Waals surface area contributed by atoms with Crippen molar-refractivity contribution >= 4 is 5.96 Å². The molecule has 1 aromatic rings. The smallest absolute Gasteiger partial charge is 0.419 e. The third-order valence-electron chi connectivity index (χ3n) is 2.61. The third kappa shape index (κ3) is 5.93. The summed E-state index contributed by atoms with van der Waals surface area (Å²) in [4.78, 5) is 3.99. The average Bonchev–Trinajstić information content (AvgIpc) is 2.46. The minimum atomic E-state index is -4.41. The summed E-state index contributed by atoms with van der Waals surface area (Å²) in [6, 6.07) is 5.17. The first-order chi connectivity index (χ1) is 9.99. The number of alkyl halides is 3. The molecule has 2 N–H and O–H groups in total. The van der Waals surface area contributed by atoms with E-state index in [1.807, 2.05) is 6.92 Å². The van der Waals surface area contributed by atoms with Gasteiger partial charge in [0.2, 0.25) is 0 Å². The van der Waals surface area contributed by atoms with Crippen molar-refractivity contribution in [2.24, 2.45) is 4.99 Å². The van der Waals surface area contributed by atoms with Crippen LogP contribution in [0.3, 0.4) is 0 Å². The van der Waals surface area contributed by atoms with Crippen LogP contribution < -0.4 is 15.4 Å². The highest BCUT2D eigenvalue weighted by atomic mass is 19.4.